The number of carbonyl (C=O) groups is 1. The predicted molar refractivity (Wildman–Crippen MR) is 141 cm³/mol. The second kappa shape index (κ2) is 10.9. The number of pyridine rings is 1. The molecule has 1 atom stereocenters. The number of thiophene rings is 1. The Balaban J connectivity index is 1.58. The summed E-state index contributed by atoms with van der Waals surface area (Å²) in [6.07, 6.45) is 0.957. The minimum Gasteiger partial charge on any atom is -0.388 e. The lowest BCUT2D eigenvalue weighted by Gasteiger charge is -2.30. The fourth-order valence-corrected chi connectivity index (χ4v) is 6.89. The Morgan fingerprint density at radius 1 is 1.25 bits per heavy atom. The van der Waals surface area contributed by atoms with Crippen molar-refractivity contribution in [1.29, 1.82) is 0 Å². The summed E-state index contributed by atoms with van der Waals surface area (Å²) in [4.78, 5) is 29.4. The first kappa shape index (κ1) is 26.6. The number of hydrogen-bond acceptors (Lipinski definition) is 7. The van der Waals surface area contributed by atoms with Crippen molar-refractivity contribution in [3.8, 4) is 10.4 Å². The van der Waals surface area contributed by atoms with Gasteiger partial charge in [-0.2, -0.15) is 0 Å². The van der Waals surface area contributed by atoms with Gasteiger partial charge in [0.05, 0.1) is 41.9 Å². The molecule has 1 aliphatic heterocycles. The third kappa shape index (κ3) is 6.07. The van der Waals surface area contributed by atoms with Crippen LogP contribution in [0.25, 0.3) is 10.4 Å². The molecule has 1 saturated heterocycles. The maximum absolute atomic E-state index is 14.9. The van der Waals surface area contributed by atoms with Crippen LogP contribution in [0.4, 0.5) is 19.6 Å². The van der Waals surface area contributed by atoms with Gasteiger partial charge in [-0.1, -0.05) is 13.0 Å². The highest BCUT2D eigenvalue weighted by Gasteiger charge is 2.34. The minimum atomic E-state index is -1.77. The summed E-state index contributed by atoms with van der Waals surface area (Å²) in [6.45, 7) is 5.92. The van der Waals surface area contributed by atoms with Crippen LogP contribution in [0, 0.1) is 11.6 Å². The van der Waals surface area contributed by atoms with Gasteiger partial charge < -0.3 is 16.2 Å². The van der Waals surface area contributed by atoms with E-state index in [2.05, 4.69) is 15.2 Å². The molecule has 11 heteroatoms. The normalized spacial score (nSPS) is 16.6. The fraction of sp³-hybridized carbons (Fsp3) is 0.360. The van der Waals surface area contributed by atoms with Crippen molar-refractivity contribution in [3.05, 3.63) is 64.9 Å². The van der Waals surface area contributed by atoms with Crippen LogP contribution in [-0.2, 0) is 6.54 Å². The third-order valence-electron chi connectivity index (χ3n) is 6.31. The molecular formula is C25H30F2N4O3PS+. The summed E-state index contributed by atoms with van der Waals surface area (Å²) in [5, 5.41) is 13.4. The number of amides is 1. The first-order chi connectivity index (χ1) is 17.1. The van der Waals surface area contributed by atoms with E-state index in [9.17, 15) is 23.6 Å². The average Bonchev–Trinajstić information content (AvgIpc) is 3.23. The maximum Gasteiger partial charge on any atom is 0.251 e. The number of aliphatic hydroxyl groups is 1. The van der Waals surface area contributed by atoms with Crippen molar-refractivity contribution in [1.82, 2.24) is 9.88 Å². The molecule has 7 nitrogen and oxygen atoms in total. The second-order valence-electron chi connectivity index (χ2n) is 9.20. The van der Waals surface area contributed by atoms with E-state index >= 15 is 0 Å². The molecule has 0 radical (unpaired) electrons. The van der Waals surface area contributed by atoms with Gasteiger partial charge in [0, 0.05) is 24.5 Å². The Kier molecular flexibility index (Phi) is 8.02. The molecule has 0 bridgehead atoms. The lowest BCUT2D eigenvalue weighted by molar-refractivity contribution is 0.100. The van der Waals surface area contributed by atoms with E-state index in [1.54, 1.807) is 13.0 Å². The number of nitrogens with one attached hydrogen (secondary N) is 1. The Morgan fingerprint density at radius 2 is 1.92 bits per heavy atom. The number of hydrogen-bond donors (Lipinski definition) is 4. The van der Waals surface area contributed by atoms with Crippen molar-refractivity contribution in [2.75, 3.05) is 37.4 Å². The number of carbonyl (C=O) groups excluding carboxylic acids is 1. The molecule has 1 amide bonds. The first-order valence-corrected chi connectivity index (χ1v) is 15.1. The summed E-state index contributed by atoms with van der Waals surface area (Å²) >= 11 is 0.996. The molecule has 1 fully saturated rings. The summed E-state index contributed by atoms with van der Waals surface area (Å²) in [5.41, 5.74) is 6.34. The maximum atomic E-state index is 14.9. The lowest BCUT2D eigenvalue weighted by atomic mass is 10.0. The van der Waals surface area contributed by atoms with E-state index in [0.717, 1.165) is 54.6 Å². The van der Waals surface area contributed by atoms with E-state index in [-0.39, 0.29) is 21.6 Å². The number of primary amides is 1. The highest BCUT2D eigenvalue weighted by molar-refractivity contribution is 7.69. The number of aliphatic hydroxyl groups excluding tert-OH is 1. The average molecular weight is 536 g/mol. The van der Waals surface area contributed by atoms with Crippen LogP contribution in [0.1, 0.15) is 41.1 Å². The molecular weight excluding hydrogens is 505 g/mol. The van der Waals surface area contributed by atoms with Crippen LogP contribution in [0.5, 0.6) is 0 Å². The van der Waals surface area contributed by atoms with Gasteiger partial charge in [0.1, 0.15) is 29.9 Å². The fourth-order valence-electron chi connectivity index (χ4n) is 4.12. The predicted octanol–water partition coefficient (Wildman–Crippen LogP) is 4.74. The van der Waals surface area contributed by atoms with Crippen LogP contribution in [0.15, 0.2) is 36.4 Å². The molecule has 2 aromatic heterocycles. The van der Waals surface area contributed by atoms with Crippen molar-refractivity contribution >= 4 is 35.6 Å². The molecule has 0 spiro atoms. The van der Waals surface area contributed by atoms with Gasteiger partial charge >= 0.3 is 0 Å². The van der Waals surface area contributed by atoms with Gasteiger partial charge in [-0.15, -0.1) is 11.3 Å². The molecule has 5 N–H and O–H groups in total. The van der Waals surface area contributed by atoms with Crippen molar-refractivity contribution in [2.24, 2.45) is 5.73 Å². The summed E-state index contributed by atoms with van der Waals surface area (Å²) in [7, 11) is -1.77. The number of benzene rings is 1. The number of halogens is 2. The van der Waals surface area contributed by atoms with Gasteiger partial charge in [-0.3, -0.25) is 14.6 Å². The van der Waals surface area contributed by atoms with Crippen LogP contribution in [0.3, 0.4) is 0 Å². The molecule has 0 saturated carbocycles. The van der Waals surface area contributed by atoms with E-state index < -0.39 is 31.1 Å². The zero-order valence-electron chi connectivity index (χ0n) is 20.2. The highest BCUT2D eigenvalue weighted by Crippen LogP contribution is 2.51. The topological polar surface area (TPSA) is 112 Å². The van der Waals surface area contributed by atoms with E-state index in [1.165, 1.54) is 6.07 Å². The Hall–Kier alpha value is -2.49. The Bertz CT molecular complexity index is 1240. The number of nitrogens with two attached hydrogens (primary N) is 1. The monoisotopic (exact) mass is 535 g/mol. The van der Waals surface area contributed by atoms with Gasteiger partial charge in [0.2, 0.25) is 0 Å². The lowest BCUT2D eigenvalue weighted by Crippen LogP contribution is -2.36. The number of rotatable bonds is 8. The van der Waals surface area contributed by atoms with Crippen LogP contribution >= 0.6 is 18.8 Å². The Labute approximate surface area is 213 Å². The smallest absolute Gasteiger partial charge is 0.251 e. The Morgan fingerprint density at radius 3 is 2.53 bits per heavy atom. The molecule has 4 rings (SSSR count). The summed E-state index contributed by atoms with van der Waals surface area (Å²) in [5.74, 6) is -1.92. The van der Waals surface area contributed by atoms with Gasteiger partial charge in [-0.05, 0) is 42.3 Å². The summed E-state index contributed by atoms with van der Waals surface area (Å²) < 4.78 is 29.7. The van der Waals surface area contributed by atoms with Crippen molar-refractivity contribution in [2.45, 2.75) is 26.0 Å². The van der Waals surface area contributed by atoms with Crippen LogP contribution in [-0.4, -0.2) is 57.9 Å². The zero-order valence-corrected chi connectivity index (χ0v) is 21.9. The van der Waals surface area contributed by atoms with Crippen LogP contribution in [0.2, 0.25) is 0 Å². The number of nitrogens with zero attached hydrogens (tertiary/aromatic N) is 2. The molecule has 36 heavy (non-hydrogen) atoms. The van der Waals surface area contributed by atoms with Crippen molar-refractivity contribution < 1.29 is 23.6 Å². The summed E-state index contributed by atoms with van der Waals surface area (Å²) in [6, 6.07) is 9.06. The zero-order chi connectivity index (χ0) is 26.0. The molecule has 1 unspecified atom stereocenters. The largest absolute Gasteiger partial charge is 0.388 e. The minimum absolute atomic E-state index is 0.0981. The van der Waals surface area contributed by atoms with Crippen molar-refractivity contribution in [3.63, 3.8) is 0 Å². The van der Waals surface area contributed by atoms with E-state index in [0.29, 0.717) is 23.8 Å². The molecule has 192 valence electrons. The molecule has 3 heterocycles. The molecule has 0 aliphatic carbocycles. The third-order valence-corrected chi connectivity index (χ3v) is 9.70. The van der Waals surface area contributed by atoms with E-state index in [1.807, 2.05) is 18.8 Å². The SMILES string of the molecule is CCC(O)c1cc(F)c(-c2cc(C(N)=O)c(Nc3cccc(CN4CC[P+](C)(O)CC4)n3)s2)c(F)c1. The van der Waals surface area contributed by atoms with Gasteiger partial charge in [-0.25, -0.2) is 13.8 Å². The quantitative estimate of drug-likeness (QED) is 0.310. The first-order valence-electron chi connectivity index (χ1n) is 11.7. The standard InChI is InChI=1S/C25H29F2N4O3PS/c1-3-20(32)15-11-18(26)23(19(27)12-15)21-13-17(24(28)33)25(36-21)30-22-6-4-5-16(29-22)14-31-7-9-35(2,34)10-8-31/h4-6,11-13,20,32,34H,3,7-10,14H2,1-2H3,(H2-,28,29,30,33)/p+1. The molecule has 1 aromatic carbocycles. The highest BCUT2D eigenvalue weighted by atomic mass is 32.1. The molecule has 3 aromatic rings. The number of anilines is 2. The number of aromatic nitrogens is 1. The van der Waals surface area contributed by atoms with Gasteiger partial charge in [0.15, 0.2) is 0 Å². The second-order valence-corrected chi connectivity index (χ2v) is 13.8. The van der Waals surface area contributed by atoms with Gasteiger partial charge in [0.25, 0.3) is 5.91 Å². The van der Waals surface area contributed by atoms with E-state index in [4.69, 9.17) is 5.73 Å². The molecule has 1 aliphatic rings. The van der Waals surface area contributed by atoms with Crippen LogP contribution < -0.4 is 11.1 Å².